The molecule has 0 aliphatic carbocycles. The molecule has 0 aromatic heterocycles. The summed E-state index contributed by atoms with van der Waals surface area (Å²) in [6.45, 7) is 0. The smallest absolute Gasteiger partial charge is 0.181 e. The standard InChI is InChI=1S/C15H16ClNO2S/c1-17-14(12-7-3-2-4-8-12)11-20(18,19)15-10-6-5-9-13(15)16/h2-10,14,17H,11H2,1H3. The molecule has 3 nitrogen and oxygen atoms in total. The Labute approximate surface area is 124 Å². The molecule has 2 aromatic rings. The highest BCUT2D eigenvalue weighted by Crippen LogP contribution is 2.25. The van der Waals surface area contributed by atoms with Gasteiger partial charge in [0.2, 0.25) is 0 Å². The van der Waals surface area contributed by atoms with Gasteiger partial charge in [0.1, 0.15) is 0 Å². The van der Waals surface area contributed by atoms with E-state index in [9.17, 15) is 8.42 Å². The minimum atomic E-state index is -3.44. The summed E-state index contributed by atoms with van der Waals surface area (Å²) in [5.41, 5.74) is 0.936. The van der Waals surface area contributed by atoms with E-state index in [1.54, 1.807) is 25.2 Å². The molecule has 0 spiro atoms. The van der Waals surface area contributed by atoms with Gasteiger partial charge < -0.3 is 5.32 Å². The first-order chi connectivity index (χ1) is 9.54. The topological polar surface area (TPSA) is 46.2 Å². The van der Waals surface area contributed by atoms with E-state index in [-0.39, 0.29) is 21.7 Å². The molecule has 0 bridgehead atoms. The number of nitrogens with one attached hydrogen (secondary N) is 1. The molecule has 20 heavy (non-hydrogen) atoms. The molecule has 2 rings (SSSR count). The Morgan fingerprint density at radius 1 is 1.05 bits per heavy atom. The highest BCUT2D eigenvalue weighted by molar-refractivity contribution is 7.91. The third-order valence-corrected chi connectivity index (χ3v) is 5.35. The van der Waals surface area contributed by atoms with E-state index in [2.05, 4.69) is 5.32 Å². The maximum absolute atomic E-state index is 12.5. The van der Waals surface area contributed by atoms with E-state index in [1.807, 2.05) is 30.3 Å². The van der Waals surface area contributed by atoms with Crippen LogP contribution in [0.1, 0.15) is 11.6 Å². The first-order valence-corrected chi connectivity index (χ1v) is 8.27. The largest absolute Gasteiger partial charge is 0.312 e. The van der Waals surface area contributed by atoms with Crippen LogP contribution in [-0.4, -0.2) is 21.2 Å². The van der Waals surface area contributed by atoms with Crippen LogP contribution in [0.4, 0.5) is 0 Å². The van der Waals surface area contributed by atoms with Crippen molar-refractivity contribution in [2.75, 3.05) is 12.8 Å². The Bertz CT molecular complexity index is 671. The SMILES string of the molecule is CNC(CS(=O)(=O)c1ccccc1Cl)c1ccccc1. The zero-order valence-electron chi connectivity index (χ0n) is 11.1. The molecular formula is C15H16ClNO2S. The second-order valence-corrected chi connectivity index (χ2v) is 6.87. The van der Waals surface area contributed by atoms with Crippen molar-refractivity contribution in [2.45, 2.75) is 10.9 Å². The van der Waals surface area contributed by atoms with Crippen LogP contribution in [0, 0.1) is 0 Å². The zero-order chi connectivity index (χ0) is 14.6. The average molecular weight is 310 g/mol. The third-order valence-electron chi connectivity index (χ3n) is 3.11. The van der Waals surface area contributed by atoms with Crippen LogP contribution in [0.3, 0.4) is 0 Å². The highest BCUT2D eigenvalue weighted by atomic mass is 35.5. The summed E-state index contributed by atoms with van der Waals surface area (Å²) in [6.07, 6.45) is 0. The molecule has 0 saturated heterocycles. The molecule has 0 fully saturated rings. The van der Waals surface area contributed by atoms with Gasteiger partial charge in [0.25, 0.3) is 0 Å². The lowest BCUT2D eigenvalue weighted by Gasteiger charge is -2.17. The van der Waals surface area contributed by atoms with E-state index in [0.29, 0.717) is 0 Å². The number of rotatable bonds is 5. The second-order valence-electron chi connectivity index (χ2n) is 4.46. The average Bonchev–Trinajstić information content (AvgIpc) is 2.46. The third kappa shape index (κ3) is 3.39. The fourth-order valence-electron chi connectivity index (χ4n) is 2.04. The van der Waals surface area contributed by atoms with Gasteiger partial charge in [-0.15, -0.1) is 0 Å². The van der Waals surface area contributed by atoms with Crippen molar-refractivity contribution in [1.82, 2.24) is 5.32 Å². The molecular weight excluding hydrogens is 294 g/mol. The molecule has 0 aliphatic heterocycles. The normalized spacial score (nSPS) is 13.1. The van der Waals surface area contributed by atoms with Crippen molar-refractivity contribution in [3.63, 3.8) is 0 Å². The molecule has 0 saturated carbocycles. The molecule has 1 unspecified atom stereocenters. The number of hydrogen-bond donors (Lipinski definition) is 1. The quantitative estimate of drug-likeness (QED) is 0.923. The van der Waals surface area contributed by atoms with Crippen LogP contribution in [0.5, 0.6) is 0 Å². The van der Waals surface area contributed by atoms with Crippen molar-refractivity contribution < 1.29 is 8.42 Å². The van der Waals surface area contributed by atoms with Crippen LogP contribution >= 0.6 is 11.6 Å². The summed E-state index contributed by atoms with van der Waals surface area (Å²) in [6, 6.07) is 15.7. The van der Waals surface area contributed by atoms with Crippen molar-refractivity contribution in [2.24, 2.45) is 0 Å². The summed E-state index contributed by atoms with van der Waals surface area (Å²) < 4.78 is 24.9. The van der Waals surface area contributed by atoms with Gasteiger partial charge in [0.05, 0.1) is 15.7 Å². The summed E-state index contributed by atoms with van der Waals surface area (Å²) in [7, 11) is -1.70. The Balaban J connectivity index is 2.30. The highest BCUT2D eigenvalue weighted by Gasteiger charge is 2.23. The first kappa shape index (κ1) is 15.0. The minimum Gasteiger partial charge on any atom is -0.312 e. The predicted octanol–water partition coefficient (Wildman–Crippen LogP) is 3.07. The van der Waals surface area contributed by atoms with Gasteiger partial charge >= 0.3 is 0 Å². The molecule has 2 aromatic carbocycles. The van der Waals surface area contributed by atoms with Crippen molar-refractivity contribution >= 4 is 21.4 Å². The van der Waals surface area contributed by atoms with E-state index in [1.165, 1.54) is 6.07 Å². The predicted molar refractivity (Wildman–Crippen MR) is 81.7 cm³/mol. The van der Waals surface area contributed by atoms with Gasteiger partial charge in [0.15, 0.2) is 9.84 Å². The lowest BCUT2D eigenvalue weighted by molar-refractivity contribution is 0.574. The molecule has 1 atom stereocenters. The van der Waals surface area contributed by atoms with E-state index < -0.39 is 9.84 Å². The van der Waals surface area contributed by atoms with Gasteiger partial charge in [-0.3, -0.25) is 0 Å². The minimum absolute atomic E-state index is 0.0305. The van der Waals surface area contributed by atoms with Gasteiger partial charge in [-0.2, -0.15) is 0 Å². The second kappa shape index (κ2) is 6.39. The van der Waals surface area contributed by atoms with Crippen LogP contribution < -0.4 is 5.32 Å². The van der Waals surface area contributed by atoms with Crippen LogP contribution in [0.25, 0.3) is 0 Å². The van der Waals surface area contributed by atoms with E-state index in [4.69, 9.17) is 11.6 Å². The van der Waals surface area contributed by atoms with Crippen LogP contribution in [0.2, 0.25) is 5.02 Å². The fraction of sp³-hybridized carbons (Fsp3) is 0.200. The maximum atomic E-state index is 12.5. The zero-order valence-corrected chi connectivity index (χ0v) is 12.7. The monoisotopic (exact) mass is 309 g/mol. The van der Waals surface area contributed by atoms with E-state index >= 15 is 0 Å². The molecule has 0 aliphatic rings. The number of halogens is 1. The first-order valence-electron chi connectivity index (χ1n) is 6.24. The summed E-state index contributed by atoms with van der Waals surface area (Å²) in [5.74, 6) is -0.0305. The number of sulfone groups is 1. The summed E-state index contributed by atoms with van der Waals surface area (Å²) >= 11 is 5.98. The Hall–Kier alpha value is -1.36. The lowest BCUT2D eigenvalue weighted by Crippen LogP contribution is -2.25. The van der Waals surface area contributed by atoms with Crippen molar-refractivity contribution in [1.29, 1.82) is 0 Å². The molecule has 0 heterocycles. The summed E-state index contributed by atoms with van der Waals surface area (Å²) in [5, 5.41) is 3.30. The number of hydrogen-bond acceptors (Lipinski definition) is 3. The fourth-order valence-corrected chi connectivity index (χ4v) is 4.15. The molecule has 5 heteroatoms. The number of benzene rings is 2. The van der Waals surface area contributed by atoms with Crippen LogP contribution in [-0.2, 0) is 9.84 Å². The maximum Gasteiger partial charge on any atom is 0.181 e. The van der Waals surface area contributed by atoms with Crippen molar-refractivity contribution in [3.05, 3.63) is 65.2 Å². The Morgan fingerprint density at radius 3 is 2.25 bits per heavy atom. The molecule has 0 amide bonds. The molecule has 106 valence electrons. The van der Waals surface area contributed by atoms with Crippen LogP contribution in [0.15, 0.2) is 59.5 Å². The molecule has 0 radical (unpaired) electrons. The van der Waals surface area contributed by atoms with Gasteiger partial charge in [0, 0.05) is 6.04 Å². The Morgan fingerprint density at radius 2 is 1.65 bits per heavy atom. The summed E-state index contributed by atoms with van der Waals surface area (Å²) in [4.78, 5) is 0.179. The van der Waals surface area contributed by atoms with Gasteiger partial charge in [-0.1, -0.05) is 54.1 Å². The lowest BCUT2D eigenvalue weighted by atomic mass is 10.1. The molecule has 1 N–H and O–H groups in total. The Kier molecular flexibility index (Phi) is 4.81. The van der Waals surface area contributed by atoms with E-state index in [0.717, 1.165) is 5.56 Å². The van der Waals surface area contributed by atoms with Gasteiger partial charge in [-0.25, -0.2) is 8.42 Å². The van der Waals surface area contributed by atoms with Gasteiger partial charge in [-0.05, 0) is 24.7 Å². The van der Waals surface area contributed by atoms with Crippen molar-refractivity contribution in [3.8, 4) is 0 Å².